The Bertz CT molecular complexity index is 456. The highest BCUT2D eigenvalue weighted by molar-refractivity contribution is 7.98. The zero-order valence-electron chi connectivity index (χ0n) is 8.75. The molecule has 82 valence electrons. The third kappa shape index (κ3) is 2.64. The fourth-order valence-electron chi connectivity index (χ4n) is 1.13. The minimum absolute atomic E-state index is 0.297. The van der Waals surface area contributed by atoms with Crippen molar-refractivity contribution in [2.45, 2.75) is 4.90 Å². The van der Waals surface area contributed by atoms with E-state index in [-0.39, 0.29) is 0 Å². The van der Waals surface area contributed by atoms with Crippen LogP contribution in [0.2, 0.25) is 0 Å². The van der Waals surface area contributed by atoms with Gasteiger partial charge in [0.15, 0.2) is 0 Å². The highest BCUT2D eigenvalue weighted by Gasteiger charge is 1.99. The Hall–Kier alpha value is -1.75. The number of benzene rings is 1. The van der Waals surface area contributed by atoms with Crippen LogP contribution < -0.4 is 10.5 Å². The quantitative estimate of drug-likeness (QED) is 0.825. The lowest BCUT2D eigenvalue weighted by Gasteiger charge is -2.03. The number of ether oxygens (including phenoxy) is 1. The van der Waals surface area contributed by atoms with Gasteiger partial charge in [0, 0.05) is 4.90 Å². The summed E-state index contributed by atoms with van der Waals surface area (Å²) in [5.41, 5.74) is 5.99. The molecule has 4 nitrogen and oxygen atoms in total. The van der Waals surface area contributed by atoms with E-state index in [0.717, 1.165) is 0 Å². The molecule has 16 heavy (non-hydrogen) atoms. The summed E-state index contributed by atoms with van der Waals surface area (Å²) in [4.78, 5) is 9.09. The Labute approximate surface area is 97.9 Å². The normalized spacial score (nSPS) is 10.1. The van der Waals surface area contributed by atoms with Crippen molar-refractivity contribution >= 4 is 17.4 Å². The Kier molecular flexibility index (Phi) is 3.26. The van der Waals surface area contributed by atoms with E-state index in [9.17, 15) is 0 Å². The van der Waals surface area contributed by atoms with Crippen LogP contribution in [0.4, 0.5) is 5.69 Å². The summed E-state index contributed by atoms with van der Waals surface area (Å²) in [7, 11) is 0. The zero-order valence-corrected chi connectivity index (χ0v) is 9.57. The topological polar surface area (TPSA) is 61.0 Å². The van der Waals surface area contributed by atoms with E-state index in [0.29, 0.717) is 17.4 Å². The molecule has 0 amide bonds. The van der Waals surface area contributed by atoms with Crippen LogP contribution in [-0.4, -0.2) is 16.2 Å². The van der Waals surface area contributed by atoms with E-state index in [4.69, 9.17) is 10.5 Å². The summed E-state index contributed by atoms with van der Waals surface area (Å²) in [5, 5.41) is 0. The molecule has 0 aliphatic heterocycles. The molecule has 2 N–H and O–H groups in total. The molecule has 1 aromatic carbocycles. The average Bonchev–Trinajstić information content (AvgIpc) is 2.33. The third-order valence-electron chi connectivity index (χ3n) is 1.92. The second kappa shape index (κ2) is 4.85. The Balaban J connectivity index is 2.11. The number of nitrogen functional groups attached to an aromatic ring is 1. The van der Waals surface area contributed by atoms with E-state index in [1.807, 2.05) is 30.5 Å². The Morgan fingerprint density at radius 3 is 2.31 bits per heavy atom. The maximum atomic E-state index is 5.47. The Morgan fingerprint density at radius 1 is 1.12 bits per heavy atom. The van der Waals surface area contributed by atoms with Crippen LogP contribution in [0.15, 0.2) is 41.6 Å². The number of aromatic nitrogens is 2. The highest BCUT2D eigenvalue weighted by Crippen LogP contribution is 2.21. The van der Waals surface area contributed by atoms with E-state index in [2.05, 4.69) is 9.97 Å². The molecule has 0 aliphatic carbocycles. The first kappa shape index (κ1) is 10.8. The summed E-state index contributed by atoms with van der Waals surface area (Å²) in [6.45, 7) is 0. The van der Waals surface area contributed by atoms with Gasteiger partial charge in [-0.3, -0.25) is 0 Å². The van der Waals surface area contributed by atoms with Gasteiger partial charge in [-0.05, 0) is 30.5 Å². The smallest absolute Gasteiger partial charge is 0.322 e. The summed E-state index contributed by atoms with van der Waals surface area (Å²) in [6, 6.07) is 8.03. The molecule has 0 saturated carbocycles. The van der Waals surface area contributed by atoms with Crippen molar-refractivity contribution in [3.05, 3.63) is 36.7 Å². The average molecular weight is 233 g/mol. The third-order valence-corrected chi connectivity index (χ3v) is 2.66. The number of nitrogens with zero attached hydrogens (tertiary/aromatic N) is 2. The van der Waals surface area contributed by atoms with Crippen LogP contribution in [0, 0.1) is 0 Å². The zero-order chi connectivity index (χ0) is 11.4. The van der Waals surface area contributed by atoms with Gasteiger partial charge >= 0.3 is 6.01 Å². The van der Waals surface area contributed by atoms with Crippen molar-refractivity contribution in [2.75, 3.05) is 12.0 Å². The van der Waals surface area contributed by atoms with Gasteiger partial charge < -0.3 is 10.5 Å². The molecule has 0 atom stereocenters. The highest BCUT2D eigenvalue weighted by atomic mass is 32.2. The molecule has 0 saturated heterocycles. The maximum Gasteiger partial charge on any atom is 0.322 e. The molecule has 0 aliphatic rings. The lowest BCUT2D eigenvalue weighted by Crippen LogP contribution is -1.93. The van der Waals surface area contributed by atoms with Gasteiger partial charge in [0.1, 0.15) is 5.75 Å². The van der Waals surface area contributed by atoms with Gasteiger partial charge in [0.2, 0.25) is 0 Å². The van der Waals surface area contributed by atoms with Crippen LogP contribution in [0.3, 0.4) is 0 Å². The maximum absolute atomic E-state index is 5.47. The van der Waals surface area contributed by atoms with Crippen LogP contribution in [0.5, 0.6) is 11.8 Å². The number of hydrogen-bond acceptors (Lipinski definition) is 5. The first-order valence-electron chi connectivity index (χ1n) is 4.67. The molecule has 2 rings (SSSR count). The van der Waals surface area contributed by atoms with Gasteiger partial charge in [0.05, 0.1) is 18.1 Å². The molecule has 1 aromatic heterocycles. The molecule has 5 heteroatoms. The summed E-state index contributed by atoms with van der Waals surface area (Å²) < 4.78 is 5.45. The second-order valence-corrected chi connectivity index (χ2v) is 3.96. The number of anilines is 1. The van der Waals surface area contributed by atoms with Crippen molar-refractivity contribution in [1.82, 2.24) is 9.97 Å². The molecule has 0 bridgehead atoms. The summed E-state index contributed by atoms with van der Waals surface area (Å²) in [6.07, 6.45) is 5.05. The minimum Gasteiger partial charge on any atom is -0.424 e. The molecule has 0 unspecified atom stereocenters. The molecule has 0 radical (unpaired) electrons. The van der Waals surface area contributed by atoms with Crippen LogP contribution in [-0.2, 0) is 0 Å². The molecule has 0 spiro atoms. The molecule has 2 aromatic rings. The summed E-state index contributed by atoms with van der Waals surface area (Å²) in [5.74, 6) is 0.711. The van der Waals surface area contributed by atoms with Gasteiger partial charge in [-0.15, -0.1) is 11.8 Å². The van der Waals surface area contributed by atoms with Crippen molar-refractivity contribution in [3.8, 4) is 11.8 Å². The van der Waals surface area contributed by atoms with Crippen LogP contribution >= 0.6 is 11.8 Å². The number of nitrogens with two attached hydrogens (primary N) is 1. The standard InChI is InChI=1S/C11H11N3OS/c1-16-10-4-2-9(3-5-10)15-11-13-6-8(12)7-14-11/h2-7H,12H2,1H3. The predicted molar refractivity (Wildman–Crippen MR) is 64.7 cm³/mol. The largest absolute Gasteiger partial charge is 0.424 e. The van der Waals surface area contributed by atoms with Crippen LogP contribution in [0.25, 0.3) is 0 Å². The SMILES string of the molecule is CSc1ccc(Oc2ncc(N)cn2)cc1. The van der Waals surface area contributed by atoms with E-state index >= 15 is 0 Å². The van der Waals surface area contributed by atoms with Crippen molar-refractivity contribution in [2.24, 2.45) is 0 Å². The van der Waals surface area contributed by atoms with Crippen molar-refractivity contribution in [3.63, 3.8) is 0 Å². The minimum atomic E-state index is 0.297. The van der Waals surface area contributed by atoms with Crippen molar-refractivity contribution < 1.29 is 4.74 Å². The molecule has 0 fully saturated rings. The monoisotopic (exact) mass is 233 g/mol. The van der Waals surface area contributed by atoms with Gasteiger partial charge in [-0.1, -0.05) is 0 Å². The second-order valence-electron chi connectivity index (χ2n) is 3.08. The van der Waals surface area contributed by atoms with Gasteiger partial charge in [-0.25, -0.2) is 9.97 Å². The first-order valence-corrected chi connectivity index (χ1v) is 5.90. The fourth-order valence-corrected chi connectivity index (χ4v) is 1.54. The lowest BCUT2D eigenvalue weighted by molar-refractivity contribution is 0.441. The van der Waals surface area contributed by atoms with Crippen LogP contribution in [0.1, 0.15) is 0 Å². The van der Waals surface area contributed by atoms with E-state index in [1.54, 1.807) is 11.8 Å². The lowest BCUT2D eigenvalue weighted by atomic mass is 10.3. The molecule has 1 heterocycles. The number of hydrogen-bond donors (Lipinski definition) is 1. The first-order chi connectivity index (χ1) is 7.78. The van der Waals surface area contributed by atoms with Gasteiger partial charge in [0.25, 0.3) is 0 Å². The van der Waals surface area contributed by atoms with Gasteiger partial charge in [-0.2, -0.15) is 0 Å². The van der Waals surface area contributed by atoms with E-state index in [1.165, 1.54) is 17.3 Å². The van der Waals surface area contributed by atoms with E-state index < -0.39 is 0 Å². The Morgan fingerprint density at radius 2 is 1.75 bits per heavy atom. The molecular weight excluding hydrogens is 222 g/mol. The number of thioether (sulfide) groups is 1. The fraction of sp³-hybridized carbons (Fsp3) is 0.0909. The number of rotatable bonds is 3. The molecular formula is C11H11N3OS. The summed E-state index contributed by atoms with van der Waals surface area (Å²) >= 11 is 1.68. The predicted octanol–water partition coefficient (Wildman–Crippen LogP) is 2.57. The van der Waals surface area contributed by atoms with Crippen molar-refractivity contribution in [1.29, 1.82) is 0 Å².